The molecule has 0 unspecified atom stereocenters. The first-order valence-electron chi connectivity index (χ1n) is 5.82. The third-order valence-electron chi connectivity index (χ3n) is 2.99. The van der Waals surface area contributed by atoms with Crippen molar-refractivity contribution in [3.8, 4) is 0 Å². The average Bonchev–Trinajstić information content (AvgIpc) is 2.34. The highest BCUT2D eigenvalue weighted by Gasteiger charge is 2.19. The van der Waals surface area contributed by atoms with Crippen molar-refractivity contribution in [3.63, 3.8) is 0 Å². The molecule has 4 heteroatoms. The summed E-state index contributed by atoms with van der Waals surface area (Å²) in [7, 11) is 0. The highest BCUT2D eigenvalue weighted by molar-refractivity contribution is 5.94. The summed E-state index contributed by atoms with van der Waals surface area (Å²) < 4.78 is 18.9. The maximum absolute atomic E-state index is 13.7. The van der Waals surface area contributed by atoms with Gasteiger partial charge in [-0.15, -0.1) is 0 Å². The van der Waals surface area contributed by atoms with E-state index in [4.69, 9.17) is 4.74 Å². The van der Waals surface area contributed by atoms with Crippen molar-refractivity contribution in [2.45, 2.75) is 25.8 Å². The van der Waals surface area contributed by atoms with Gasteiger partial charge >= 0.3 is 0 Å². The minimum absolute atomic E-state index is 0.0937. The largest absolute Gasteiger partial charge is 0.381 e. The fourth-order valence-corrected chi connectivity index (χ4v) is 1.93. The molecular formula is C13H16FNO2. The van der Waals surface area contributed by atoms with E-state index < -0.39 is 5.82 Å². The maximum Gasteiger partial charge on any atom is 0.254 e. The van der Waals surface area contributed by atoms with Crippen molar-refractivity contribution in [2.24, 2.45) is 0 Å². The smallest absolute Gasteiger partial charge is 0.254 e. The number of amides is 1. The van der Waals surface area contributed by atoms with Crippen molar-refractivity contribution in [2.75, 3.05) is 13.2 Å². The zero-order valence-corrected chi connectivity index (χ0v) is 9.83. The molecule has 1 aliphatic rings. The molecule has 1 aromatic rings. The molecule has 0 aliphatic carbocycles. The van der Waals surface area contributed by atoms with Gasteiger partial charge in [0.05, 0.1) is 5.56 Å². The van der Waals surface area contributed by atoms with Crippen LogP contribution in [0, 0.1) is 12.7 Å². The van der Waals surface area contributed by atoms with Crippen molar-refractivity contribution >= 4 is 5.91 Å². The van der Waals surface area contributed by atoms with Gasteiger partial charge in [-0.1, -0.05) is 12.1 Å². The van der Waals surface area contributed by atoms with Gasteiger partial charge in [-0.3, -0.25) is 4.79 Å². The number of halogens is 1. The lowest BCUT2D eigenvalue weighted by atomic mass is 10.1. The van der Waals surface area contributed by atoms with E-state index in [0.29, 0.717) is 18.8 Å². The highest BCUT2D eigenvalue weighted by Crippen LogP contribution is 2.13. The van der Waals surface area contributed by atoms with Gasteiger partial charge < -0.3 is 10.1 Å². The third kappa shape index (κ3) is 2.82. The summed E-state index contributed by atoms with van der Waals surface area (Å²) in [5, 5.41) is 2.84. The Morgan fingerprint density at radius 3 is 2.82 bits per heavy atom. The summed E-state index contributed by atoms with van der Waals surface area (Å²) in [6, 6.07) is 4.95. The number of carbonyl (C=O) groups excluding carboxylic acids is 1. The second-order valence-corrected chi connectivity index (χ2v) is 4.30. The van der Waals surface area contributed by atoms with Crippen LogP contribution in [-0.4, -0.2) is 25.2 Å². The molecular weight excluding hydrogens is 221 g/mol. The van der Waals surface area contributed by atoms with E-state index in [-0.39, 0.29) is 17.5 Å². The van der Waals surface area contributed by atoms with Gasteiger partial charge in [0.25, 0.3) is 5.91 Å². The first-order chi connectivity index (χ1) is 8.18. The van der Waals surface area contributed by atoms with Crippen LogP contribution in [0.3, 0.4) is 0 Å². The lowest BCUT2D eigenvalue weighted by Gasteiger charge is -2.23. The summed E-state index contributed by atoms with van der Waals surface area (Å²) in [5.41, 5.74) is 0.612. The molecule has 92 valence electrons. The Morgan fingerprint density at radius 1 is 1.41 bits per heavy atom. The fraction of sp³-hybridized carbons (Fsp3) is 0.462. The van der Waals surface area contributed by atoms with Gasteiger partial charge in [0.2, 0.25) is 0 Å². The van der Waals surface area contributed by atoms with E-state index in [2.05, 4.69) is 5.32 Å². The average molecular weight is 237 g/mol. The predicted molar refractivity (Wildman–Crippen MR) is 62.4 cm³/mol. The number of ether oxygens (including phenoxy) is 1. The van der Waals surface area contributed by atoms with Crippen LogP contribution in [0.4, 0.5) is 4.39 Å². The molecule has 1 amide bonds. The van der Waals surface area contributed by atoms with Crippen molar-refractivity contribution in [1.29, 1.82) is 0 Å². The standard InChI is InChI=1S/C13H16FNO2/c1-9-3-2-4-11(12(9)14)13(16)15-10-5-7-17-8-6-10/h2-4,10H,5-8H2,1H3,(H,15,16). The molecule has 1 fully saturated rings. The molecule has 0 spiro atoms. The summed E-state index contributed by atoms with van der Waals surface area (Å²) in [4.78, 5) is 11.9. The van der Waals surface area contributed by atoms with Gasteiger partial charge in [0, 0.05) is 19.3 Å². The Labute approximate surface area is 100.0 Å². The molecule has 2 rings (SSSR count). The van der Waals surface area contributed by atoms with Crippen LogP contribution in [-0.2, 0) is 4.74 Å². The molecule has 17 heavy (non-hydrogen) atoms. The number of hydrogen-bond donors (Lipinski definition) is 1. The van der Waals surface area contributed by atoms with Crippen LogP contribution >= 0.6 is 0 Å². The molecule has 1 saturated heterocycles. The minimum atomic E-state index is -0.433. The van der Waals surface area contributed by atoms with Gasteiger partial charge in [0.1, 0.15) is 5.82 Å². The van der Waals surface area contributed by atoms with E-state index in [1.54, 1.807) is 19.1 Å². The number of benzene rings is 1. The third-order valence-corrected chi connectivity index (χ3v) is 2.99. The number of rotatable bonds is 2. The van der Waals surface area contributed by atoms with Gasteiger partial charge in [-0.05, 0) is 31.4 Å². The molecule has 1 aliphatic heterocycles. The topological polar surface area (TPSA) is 38.3 Å². The van der Waals surface area contributed by atoms with Crippen LogP contribution in [0.1, 0.15) is 28.8 Å². The van der Waals surface area contributed by atoms with E-state index in [1.165, 1.54) is 6.07 Å². The Bertz CT molecular complexity index is 414. The molecule has 1 aromatic carbocycles. The summed E-state index contributed by atoms with van der Waals surface area (Å²) in [5.74, 6) is -0.768. The monoisotopic (exact) mass is 237 g/mol. The molecule has 0 bridgehead atoms. The molecule has 1 N–H and O–H groups in total. The van der Waals surface area contributed by atoms with E-state index in [1.807, 2.05) is 0 Å². The van der Waals surface area contributed by atoms with Crippen LogP contribution in [0.25, 0.3) is 0 Å². The zero-order chi connectivity index (χ0) is 12.3. The maximum atomic E-state index is 13.7. The first kappa shape index (κ1) is 12.0. The lowest BCUT2D eigenvalue weighted by Crippen LogP contribution is -2.39. The van der Waals surface area contributed by atoms with Crippen LogP contribution in [0.15, 0.2) is 18.2 Å². The quantitative estimate of drug-likeness (QED) is 0.854. The van der Waals surface area contributed by atoms with Crippen molar-refractivity contribution in [3.05, 3.63) is 35.1 Å². The number of carbonyl (C=O) groups is 1. The molecule has 0 saturated carbocycles. The van der Waals surface area contributed by atoms with Crippen LogP contribution < -0.4 is 5.32 Å². The number of hydrogen-bond acceptors (Lipinski definition) is 2. The number of aryl methyl sites for hydroxylation is 1. The second-order valence-electron chi connectivity index (χ2n) is 4.30. The predicted octanol–water partition coefficient (Wildman–Crippen LogP) is 2.04. The highest BCUT2D eigenvalue weighted by atomic mass is 19.1. The Kier molecular flexibility index (Phi) is 3.74. The van der Waals surface area contributed by atoms with Crippen molar-refractivity contribution in [1.82, 2.24) is 5.32 Å². The van der Waals surface area contributed by atoms with Gasteiger partial charge in [-0.2, -0.15) is 0 Å². The lowest BCUT2D eigenvalue weighted by molar-refractivity contribution is 0.0694. The molecule has 0 aromatic heterocycles. The Hall–Kier alpha value is -1.42. The number of nitrogens with one attached hydrogen (secondary N) is 1. The van der Waals surface area contributed by atoms with E-state index in [0.717, 1.165) is 12.8 Å². The molecule has 3 nitrogen and oxygen atoms in total. The van der Waals surface area contributed by atoms with E-state index in [9.17, 15) is 9.18 Å². The molecule has 1 heterocycles. The van der Waals surface area contributed by atoms with Gasteiger partial charge in [0.15, 0.2) is 0 Å². The summed E-state index contributed by atoms with van der Waals surface area (Å²) in [6.45, 7) is 2.96. The van der Waals surface area contributed by atoms with E-state index >= 15 is 0 Å². The summed E-state index contributed by atoms with van der Waals surface area (Å²) in [6.07, 6.45) is 1.58. The Balaban J connectivity index is 2.06. The normalized spacial score (nSPS) is 16.8. The Morgan fingerprint density at radius 2 is 2.12 bits per heavy atom. The molecule has 0 atom stereocenters. The first-order valence-corrected chi connectivity index (χ1v) is 5.82. The van der Waals surface area contributed by atoms with Crippen LogP contribution in [0.5, 0.6) is 0 Å². The second kappa shape index (κ2) is 5.27. The van der Waals surface area contributed by atoms with Gasteiger partial charge in [-0.25, -0.2) is 4.39 Å². The fourth-order valence-electron chi connectivity index (χ4n) is 1.93. The minimum Gasteiger partial charge on any atom is -0.381 e. The SMILES string of the molecule is Cc1cccc(C(=O)NC2CCOCC2)c1F. The summed E-state index contributed by atoms with van der Waals surface area (Å²) >= 11 is 0. The zero-order valence-electron chi connectivity index (χ0n) is 9.83. The van der Waals surface area contributed by atoms with Crippen LogP contribution in [0.2, 0.25) is 0 Å². The van der Waals surface area contributed by atoms with Crippen molar-refractivity contribution < 1.29 is 13.9 Å². The molecule has 0 radical (unpaired) electrons.